The molecule has 5 rings (SSSR count). The first-order valence-electron chi connectivity index (χ1n) is 12.6. The monoisotopic (exact) mass is 560 g/mol. The second-order valence-electron chi connectivity index (χ2n) is 9.87. The van der Waals surface area contributed by atoms with Crippen molar-refractivity contribution >= 4 is 33.5 Å². The molecule has 0 bridgehead atoms. The summed E-state index contributed by atoms with van der Waals surface area (Å²) in [6.07, 6.45) is 0. The zero-order chi connectivity index (χ0) is 28.9. The van der Waals surface area contributed by atoms with Crippen molar-refractivity contribution in [3.8, 4) is 11.5 Å². The van der Waals surface area contributed by atoms with Gasteiger partial charge in [0.05, 0.1) is 24.3 Å². The normalized spacial score (nSPS) is 16.8. The SMILES string of the molecule is C=C1C(=O)N(c2cc(C)c(C)c(OC)c2)[C@H]1c1ccc(C)c(OS(=O)(=O)CCN2C(=O)c3ccccc3C2=O)c1. The first-order chi connectivity index (χ1) is 18.9. The van der Waals surface area contributed by atoms with Crippen LogP contribution in [0.5, 0.6) is 11.5 Å². The van der Waals surface area contributed by atoms with E-state index in [2.05, 4.69) is 6.58 Å². The highest BCUT2D eigenvalue weighted by Gasteiger charge is 2.43. The van der Waals surface area contributed by atoms with Gasteiger partial charge in [-0.05, 0) is 67.3 Å². The second-order valence-corrected chi connectivity index (χ2v) is 11.6. The molecule has 206 valence electrons. The van der Waals surface area contributed by atoms with Gasteiger partial charge in [0.15, 0.2) is 0 Å². The van der Waals surface area contributed by atoms with Gasteiger partial charge in [-0.1, -0.05) is 30.8 Å². The number of fused-ring (bicyclic) bond motifs is 1. The van der Waals surface area contributed by atoms with Crippen LogP contribution >= 0.6 is 0 Å². The number of aryl methyl sites for hydroxylation is 2. The van der Waals surface area contributed by atoms with Crippen LogP contribution in [0, 0.1) is 20.8 Å². The van der Waals surface area contributed by atoms with Crippen LogP contribution in [0.2, 0.25) is 0 Å². The third-order valence-corrected chi connectivity index (χ3v) is 8.49. The molecule has 0 unspecified atom stereocenters. The van der Waals surface area contributed by atoms with Crippen molar-refractivity contribution in [1.29, 1.82) is 0 Å². The molecule has 1 saturated heterocycles. The standard InChI is InChI=1S/C30H28N2O7S/c1-17-10-11-21(27-20(4)28(33)32(27)22-14-18(2)19(3)26(16-22)38-5)15-25(17)39-40(36,37)13-12-31-29(34)23-8-6-7-9-24(23)30(31)35/h6-11,14-16,27H,4,12-13H2,1-3,5H3/t27-/m1/s1. The fourth-order valence-corrected chi connectivity index (χ4v) is 5.90. The summed E-state index contributed by atoms with van der Waals surface area (Å²) >= 11 is 0. The summed E-state index contributed by atoms with van der Waals surface area (Å²) in [5.41, 5.74) is 4.59. The Labute approximate surface area is 232 Å². The molecular weight excluding hydrogens is 532 g/mol. The first kappa shape index (κ1) is 27.1. The Hall–Kier alpha value is -4.44. The fraction of sp³-hybridized carbons (Fsp3) is 0.233. The highest BCUT2D eigenvalue weighted by atomic mass is 32.2. The molecule has 3 aromatic rings. The number of rotatable bonds is 8. The summed E-state index contributed by atoms with van der Waals surface area (Å²) in [4.78, 5) is 40.6. The van der Waals surface area contributed by atoms with E-state index in [-0.39, 0.29) is 29.3 Å². The maximum atomic E-state index is 12.9. The van der Waals surface area contributed by atoms with Crippen LogP contribution in [0.1, 0.15) is 49.0 Å². The molecule has 9 nitrogen and oxygen atoms in total. The molecule has 2 heterocycles. The van der Waals surface area contributed by atoms with Crippen LogP contribution in [0.4, 0.5) is 5.69 Å². The van der Waals surface area contributed by atoms with Gasteiger partial charge in [-0.15, -0.1) is 0 Å². The van der Waals surface area contributed by atoms with Gasteiger partial charge >= 0.3 is 10.1 Å². The number of carbonyl (C=O) groups is 3. The number of amides is 3. The Morgan fingerprint density at radius 1 is 0.850 bits per heavy atom. The van der Waals surface area contributed by atoms with Gasteiger partial charge in [0, 0.05) is 23.9 Å². The number of hydrogen-bond acceptors (Lipinski definition) is 7. The molecule has 10 heteroatoms. The molecule has 0 aliphatic carbocycles. The average Bonchev–Trinajstić information content (AvgIpc) is 3.17. The first-order valence-corrected chi connectivity index (χ1v) is 14.2. The van der Waals surface area contributed by atoms with Crippen LogP contribution in [0.25, 0.3) is 0 Å². The smallest absolute Gasteiger partial charge is 0.310 e. The Kier molecular flexibility index (Phi) is 6.75. The lowest BCUT2D eigenvalue weighted by atomic mass is 9.87. The van der Waals surface area contributed by atoms with E-state index in [1.807, 2.05) is 19.9 Å². The molecule has 1 atom stereocenters. The van der Waals surface area contributed by atoms with Crippen molar-refractivity contribution in [1.82, 2.24) is 4.90 Å². The van der Waals surface area contributed by atoms with E-state index in [1.165, 1.54) is 12.1 Å². The van der Waals surface area contributed by atoms with Gasteiger partial charge in [0.1, 0.15) is 17.3 Å². The van der Waals surface area contributed by atoms with E-state index in [9.17, 15) is 22.8 Å². The maximum absolute atomic E-state index is 12.9. The van der Waals surface area contributed by atoms with Crippen molar-refractivity contribution in [3.63, 3.8) is 0 Å². The van der Waals surface area contributed by atoms with E-state index in [1.54, 1.807) is 55.3 Å². The lowest BCUT2D eigenvalue weighted by Gasteiger charge is -2.43. The van der Waals surface area contributed by atoms with Gasteiger partial charge in [0.2, 0.25) is 0 Å². The van der Waals surface area contributed by atoms with Gasteiger partial charge in [-0.3, -0.25) is 24.2 Å². The highest BCUT2D eigenvalue weighted by Crippen LogP contribution is 2.45. The minimum atomic E-state index is -4.18. The number of β-lactam (4-membered cyclic amide) rings is 1. The topological polar surface area (TPSA) is 110 Å². The number of imide groups is 1. The number of benzene rings is 3. The Morgan fingerprint density at radius 3 is 2.12 bits per heavy atom. The molecule has 0 saturated carbocycles. The van der Waals surface area contributed by atoms with Crippen molar-refractivity contribution in [2.75, 3.05) is 24.3 Å². The third kappa shape index (κ3) is 4.54. The Bertz CT molecular complexity index is 1680. The van der Waals surface area contributed by atoms with Gasteiger partial charge < -0.3 is 8.92 Å². The van der Waals surface area contributed by atoms with Crippen molar-refractivity contribution < 1.29 is 31.7 Å². The van der Waals surface area contributed by atoms with E-state index in [0.717, 1.165) is 16.0 Å². The molecule has 0 N–H and O–H groups in total. The van der Waals surface area contributed by atoms with Gasteiger partial charge in [-0.25, -0.2) is 0 Å². The highest BCUT2D eigenvalue weighted by molar-refractivity contribution is 7.87. The number of carbonyl (C=O) groups excluding carboxylic acids is 3. The molecule has 2 aliphatic rings. The molecule has 3 aromatic carbocycles. The number of anilines is 1. The number of nitrogens with zero attached hydrogens (tertiary/aromatic N) is 2. The molecule has 0 aromatic heterocycles. The lowest BCUT2D eigenvalue weighted by Crippen LogP contribution is -2.48. The predicted molar refractivity (Wildman–Crippen MR) is 149 cm³/mol. The van der Waals surface area contributed by atoms with E-state index >= 15 is 0 Å². The van der Waals surface area contributed by atoms with Gasteiger partial charge in [-0.2, -0.15) is 8.42 Å². The van der Waals surface area contributed by atoms with Crippen LogP contribution in [0.15, 0.2) is 66.7 Å². The van der Waals surface area contributed by atoms with E-state index in [4.69, 9.17) is 8.92 Å². The largest absolute Gasteiger partial charge is 0.496 e. The van der Waals surface area contributed by atoms with Gasteiger partial charge in [0.25, 0.3) is 17.7 Å². The number of ether oxygens (including phenoxy) is 1. The van der Waals surface area contributed by atoms with Crippen molar-refractivity contribution in [2.24, 2.45) is 0 Å². The van der Waals surface area contributed by atoms with Crippen LogP contribution in [0.3, 0.4) is 0 Å². The summed E-state index contributed by atoms with van der Waals surface area (Å²) in [7, 11) is -2.62. The van der Waals surface area contributed by atoms with Crippen molar-refractivity contribution in [2.45, 2.75) is 26.8 Å². The van der Waals surface area contributed by atoms with Crippen LogP contribution in [-0.2, 0) is 14.9 Å². The number of methoxy groups -OCH3 is 1. The van der Waals surface area contributed by atoms with E-state index < -0.39 is 33.7 Å². The summed E-state index contributed by atoms with van der Waals surface area (Å²) in [6, 6.07) is 14.6. The summed E-state index contributed by atoms with van der Waals surface area (Å²) in [5.74, 6) is -1.16. The molecule has 40 heavy (non-hydrogen) atoms. The molecule has 0 radical (unpaired) electrons. The maximum Gasteiger partial charge on any atom is 0.310 e. The van der Waals surface area contributed by atoms with Crippen LogP contribution in [-0.4, -0.2) is 50.4 Å². The zero-order valence-corrected chi connectivity index (χ0v) is 23.4. The minimum absolute atomic E-state index is 0.0876. The molecule has 2 aliphatic heterocycles. The Balaban J connectivity index is 1.36. The predicted octanol–water partition coefficient (Wildman–Crippen LogP) is 4.27. The fourth-order valence-electron chi connectivity index (χ4n) is 4.96. The van der Waals surface area contributed by atoms with E-state index in [0.29, 0.717) is 28.1 Å². The summed E-state index contributed by atoms with van der Waals surface area (Å²) in [6.45, 7) is 9.16. The second kappa shape index (κ2) is 9.95. The minimum Gasteiger partial charge on any atom is -0.496 e. The molecule has 0 spiro atoms. The molecule has 3 amide bonds. The van der Waals surface area contributed by atoms with Crippen molar-refractivity contribution in [3.05, 3.63) is 100 Å². The average molecular weight is 561 g/mol. The quantitative estimate of drug-likeness (QED) is 0.175. The summed E-state index contributed by atoms with van der Waals surface area (Å²) < 4.78 is 36.8. The lowest BCUT2D eigenvalue weighted by molar-refractivity contribution is -0.119. The Morgan fingerprint density at radius 2 is 1.50 bits per heavy atom. The summed E-state index contributed by atoms with van der Waals surface area (Å²) in [5, 5.41) is 0. The molecule has 1 fully saturated rings. The number of hydrogen-bond donors (Lipinski definition) is 0. The zero-order valence-electron chi connectivity index (χ0n) is 22.6. The molecular formula is C30H28N2O7S. The third-order valence-electron chi connectivity index (χ3n) is 7.37. The van der Waals surface area contributed by atoms with Crippen LogP contribution < -0.4 is 13.8 Å².